The van der Waals surface area contributed by atoms with Crippen LogP contribution in [0.25, 0.3) is 0 Å². The Morgan fingerprint density at radius 3 is 1.42 bits per heavy atom. The molecule has 0 heterocycles. The van der Waals surface area contributed by atoms with Gasteiger partial charge in [-0.3, -0.25) is 9.59 Å². The van der Waals surface area contributed by atoms with Crippen LogP contribution in [0.3, 0.4) is 0 Å². The Kier molecular flexibility index (Phi) is 17.7. The van der Waals surface area contributed by atoms with Crippen molar-refractivity contribution >= 4 is 34.7 Å². The van der Waals surface area contributed by atoms with Crippen molar-refractivity contribution in [3.05, 3.63) is 48.5 Å². The van der Waals surface area contributed by atoms with Crippen molar-refractivity contribution in [1.82, 2.24) is 4.90 Å². The summed E-state index contributed by atoms with van der Waals surface area (Å²) < 4.78 is 11.1. The summed E-state index contributed by atoms with van der Waals surface area (Å²) in [7, 11) is 0. The van der Waals surface area contributed by atoms with Gasteiger partial charge >= 0.3 is 11.9 Å². The van der Waals surface area contributed by atoms with Gasteiger partial charge in [-0.2, -0.15) is 0 Å². The average Bonchev–Trinajstić information content (AvgIpc) is 3.01. The van der Waals surface area contributed by atoms with Crippen LogP contribution in [0.4, 0.5) is 22.7 Å². The lowest BCUT2D eigenvalue weighted by Gasteiger charge is -2.24. The van der Waals surface area contributed by atoms with Gasteiger partial charge in [-0.25, -0.2) is 0 Å². The molecule has 0 saturated heterocycles. The van der Waals surface area contributed by atoms with Gasteiger partial charge < -0.3 is 35.6 Å². The van der Waals surface area contributed by atoms with Crippen molar-refractivity contribution in [2.45, 2.75) is 72.1 Å². The summed E-state index contributed by atoms with van der Waals surface area (Å²) in [5.74, 6) is -0.433. The average molecular weight is 598 g/mol. The Labute approximate surface area is 259 Å². The highest BCUT2D eigenvalue weighted by atomic mass is 16.5. The number of hydrogen-bond donors (Lipinski definition) is 2. The van der Waals surface area contributed by atoms with Crippen LogP contribution in [0.1, 0.15) is 72.1 Å². The molecular formula is C34H55N5O4. The lowest BCUT2D eigenvalue weighted by Crippen LogP contribution is -2.32. The van der Waals surface area contributed by atoms with Crippen molar-refractivity contribution in [3.8, 4) is 0 Å². The van der Waals surface area contributed by atoms with Gasteiger partial charge in [-0.15, -0.1) is 0 Å². The molecule has 240 valence electrons. The molecule has 0 fully saturated rings. The van der Waals surface area contributed by atoms with Crippen molar-refractivity contribution < 1.29 is 19.1 Å². The minimum atomic E-state index is -0.216. The molecule has 0 aromatic heterocycles. The first-order valence-electron chi connectivity index (χ1n) is 16.1. The predicted molar refractivity (Wildman–Crippen MR) is 178 cm³/mol. The van der Waals surface area contributed by atoms with Crippen molar-refractivity contribution in [3.63, 3.8) is 0 Å². The highest BCUT2D eigenvalue weighted by molar-refractivity contribution is 5.70. The number of nitrogens with two attached hydrogens (primary N) is 2. The van der Waals surface area contributed by atoms with Gasteiger partial charge in [0, 0.05) is 48.9 Å². The minimum Gasteiger partial charge on any atom is -0.464 e. The number of carbonyl (C=O) groups excluding carboxylic acids is 2. The summed E-state index contributed by atoms with van der Waals surface area (Å²) in [4.78, 5) is 31.6. The molecule has 0 saturated carbocycles. The summed E-state index contributed by atoms with van der Waals surface area (Å²) in [6, 6.07) is 15.4. The molecule has 0 atom stereocenters. The number of anilines is 4. The van der Waals surface area contributed by atoms with Crippen LogP contribution in [0.5, 0.6) is 0 Å². The Bertz CT molecular complexity index is 957. The fourth-order valence-electron chi connectivity index (χ4n) is 4.94. The number of likely N-dealkylation sites (N-methyl/N-ethyl adjacent to an activating group) is 2. The SMILES string of the molecule is CCCCCCCCN(CCC(=O)OCCN(CC)c1ccc(N)cc1)CCC(=O)OCCN(CC)c1ccc(N)cc1. The van der Waals surface area contributed by atoms with E-state index in [1.807, 2.05) is 48.5 Å². The molecule has 0 amide bonds. The number of nitrogens with zero attached hydrogens (tertiary/aromatic N) is 3. The first-order chi connectivity index (χ1) is 20.9. The van der Waals surface area contributed by atoms with E-state index in [0.29, 0.717) is 52.2 Å². The monoisotopic (exact) mass is 597 g/mol. The Balaban J connectivity index is 1.76. The van der Waals surface area contributed by atoms with E-state index in [4.69, 9.17) is 20.9 Å². The highest BCUT2D eigenvalue weighted by Gasteiger charge is 2.14. The van der Waals surface area contributed by atoms with E-state index >= 15 is 0 Å². The molecule has 2 rings (SSSR count). The van der Waals surface area contributed by atoms with Crippen molar-refractivity contribution in [2.75, 3.05) is 80.3 Å². The normalized spacial score (nSPS) is 11.0. The third-order valence-electron chi connectivity index (χ3n) is 7.62. The second kappa shape index (κ2) is 21.3. The van der Waals surface area contributed by atoms with Gasteiger partial charge in [0.05, 0.1) is 25.9 Å². The van der Waals surface area contributed by atoms with Crippen LogP contribution in [0, 0.1) is 0 Å². The predicted octanol–water partition coefficient (Wildman–Crippen LogP) is 5.73. The molecule has 43 heavy (non-hydrogen) atoms. The molecule has 0 aliphatic carbocycles. The third-order valence-corrected chi connectivity index (χ3v) is 7.62. The van der Waals surface area contributed by atoms with E-state index < -0.39 is 0 Å². The molecule has 4 N–H and O–H groups in total. The lowest BCUT2D eigenvalue weighted by atomic mass is 10.1. The van der Waals surface area contributed by atoms with Crippen molar-refractivity contribution in [2.24, 2.45) is 0 Å². The summed E-state index contributed by atoms with van der Waals surface area (Å²) >= 11 is 0. The molecule has 0 radical (unpaired) electrons. The fourth-order valence-corrected chi connectivity index (χ4v) is 4.94. The van der Waals surface area contributed by atoms with Crippen LogP contribution >= 0.6 is 0 Å². The van der Waals surface area contributed by atoms with Crippen molar-refractivity contribution in [1.29, 1.82) is 0 Å². The molecule has 9 heteroatoms. The zero-order valence-corrected chi connectivity index (χ0v) is 26.8. The second-order valence-corrected chi connectivity index (χ2v) is 10.9. The number of ether oxygens (including phenoxy) is 2. The molecule has 0 aliphatic rings. The van der Waals surface area contributed by atoms with E-state index in [1.165, 1.54) is 25.7 Å². The molecule has 9 nitrogen and oxygen atoms in total. The standard InChI is InChI=1S/C34H55N5O4/c1-4-7-8-9-10-11-22-37(23-20-33(40)42-27-25-38(5-2)31-16-12-29(35)13-17-31)24-21-34(41)43-28-26-39(6-3)32-18-14-30(36)15-19-32/h12-19H,4-11,20-28,35-36H2,1-3H3. The van der Waals surface area contributed by atoms with Gasteiger partial charge in [0.2, 0.25) is 0 Å². The number of rotatable bonds is 23. The maximum atomic E-state index is 12.6. The highest BCUT2D eigenvalue weighted by Crippen LogP contribution is 2.17. The number of unbranched alkanes of at least 4 members (excludes halogenated alkanes) is 5. The molecule has 0 unspecified atom stereocenters. The molecule has 2 aromatic rings. The summed E-state index contributed by atoms with van der Waals surface area (Å²) in [5, 5.41) is 0. The van der Waals surface area contributed by atoms with Crippen LogP contribution in [0.15, 0.2) is 48.5 Å². The molecule has 0 bridgehead atoms. The van der Waals surface area contributed by atoms with Crippen LogP contribution in [-0.2, 0) is 19.1 Å². The quantitative estimate of drug-likeness (QED) is 0.0941. The Morgan fingerprint density at radius 1 is 0.581 bits per heavy atom. The molecule has 2 aromatic carbocycles. The van der Waals surface area contributed by atoms with Crippen LogP contribution in [0.2, 0.25) is 0 Å². The number of esters is 2. The van der Waals surface area contributed by atoms with Crippen LogP contribution in [-0.4, -0.2) is 75.9 Å². The third kappa shape index (κ3) is 15.0. The fraction of sp³-hybridized carbons (Fsp3) is 0.588. The maximum Gasteiger partial charge on any atom is 0.307 e. The van der Waals surface area contributed by atoms with E-state index in [2.05, 4.69) is 35.5 Å². The summed E-state index contributed by atoms with van der Waals surface area (Å²) in [6.45, 7) is 11.9. The zero-order valence-electron chi connectivity index (χ0n) is 26.8. The Morgan fingerprint density at radius 2 is 1.00 bits per heavy atom. The first kappa shape index (κ1) is 35.7. The van der Waals surface area contributed by atoms with Gasteiger partial charge in [0.15, 0.2) is 0 Å². The lowest BCUT2D eigenvalue weighted by molar-refractivity contribution is -0.143. The summed E-state index contributed by atoms with van der Waals surface area (Å²) in [5.41, 5.74) is 15.2. The van der Waals surface area contributed by atoms with Gasteiger partial charge in [0.1, 0.15) is 13.2 Å². The van der Waals surface area contributed by atoms with Gasteiger partial charge in [0.25, 0.3) is 0 Å². The van der Waals surface area contributed by atoms with Gasteiger partial charge in [-0.05, 0) is 75.3 Å². The van der Waals surface area contributed by atoms with Gasteiger partial charge in [-0.1, -0.05) is 39.0 Å². The minimum absolute atomic E-state index is 0.216. The number of hydrogen-bond acceptors (Lipinski definition) is 9. The largest absolute Gasteiger partial charge is 0.464 e. The summed E-state index contributed by atoms with van der Waals surface area (Å²) in [6.07, 6.45) is 7.76. The Hall–Kier alpha value is -3.46. The topological polar surface area (TPSA) is 114 Å². The van der Waals surface area contributed by atoms with E-state index in [9.17, 15) is 9.59 Å². The number of carbonyl (C=O) groups is 2. The molecule has 0 aliphatic heterocycles. The molecular weight excluding hydrogens is 542 g/mol. The number of nitrogen functional groups attached to an aromatic ring is 2. The zero-order chi connectivity index (χ0) is 31.3. The smallest absolute Gasteiger partial charge is 0.307 e. The maximum absolute atomic E-state index is 12.6. The van der Waals surface area contributed by atoms with E-state index in [0.717, 1.165) is 55.2 Å². The molecule has 0 spiro atoms. The second-order valence-electron chi connectivity index (χ2n) is 10.9. The van der Waals surface area contributed by atoms with Crippen LogP contribution < -0.4 is 21.3 Å². The van der Waals surface area contributed by atoms with E-state index in [1.54, 1.807) is 0 Å². The number of benzene rings is 2. The first-order valence-corrected chi connectivity index (χ1v) is 16.1. The van der Waals surface area contributed by atoms with E-state index in [-0.39, 0.29) is 11.9 Å².